The Morgan fingerprint density at radius 3 is 2.48 bits per heavy atom. The van der Waals surface area contributed by atoms with Crippen molar-refractivity contribution in [3.8, 4) is 0 Å². The molecular weight excluding hydrogens is 260 g/mol. The number of carbonyl (C=O) groups excluding carboxylic acids is 1. The number of carbonyl (C=O) groups is 1. The predicted molar refractivity (Wildman–Crippen MR) is 89.0 cm³/mol. The molecule has 0 radical (unpaired) electrons. The second kappa shape index (κ2) is 6.75. The highest BCUT2D eigenvalue weighted by molar-refractivity contribution is 6.01. The molecule has 3 N–H and O–H groups in total. The Labute approximate surface area is 125 Å². The molecule has 2 aromatic carbocycles. The minimum atomic E-state index is -0.158. The van der Waals surface area contributed by atoms with E-state index in [4.69, 9.17) is 5.73 Å². The van der Waals surface area contributed by atoms with Gasteiger partial charge < -0.3 is 11.1 Å². The van der Waals surface area contributed by atoms with E-state index in [1.807, 2.05) is 48.5 Å². The molecule has 108 valence electrons. The van der Waals surface area contributed by atoms with E-state index >= 15 is 0 Å². The maximum Gasteiger partial charge on any atom is 0.248 e. The molecule has 0 heterocycles. The van der Waals surface area contributed by atoms with E-state index in [1.54, 1.807) is 6.08 Å². The number of rotatable bonds is 4. The molecule has 21 heavy (non-hydrogen) atoms. The first-order chi connectivity index (χ1) is 10.0. The van der Waals surface area contributed by atoms with Gasteiger partial charge in [0.25, 0.3) is 0 Å². The Morgan fingerprint density at radius 1 is 1.14 bits per heavy atom. The van der Waals surface area contributed by atoms with Crippen molar-refractivity contribution in [3.05, 3.63) is 65.7 Å². The quantitative estimate of drug-likeness (QED) is 0.656. The molecule has 2 aromatic rings. The second-order valence-electron chi connectivity index (χ2n) is 5.27. The van der Waals surface area contributed by atoms with Gasteiger partial charge in [0.1, 0.15) is 0 Å². The number of amides is 1. The highest BCUT2D eigenvalue weighted by atomic mass is 16.1. The molecule has 0 spiro atoms. The van der Waals surface area contributed by atoms with E-state index in [0.29, 0.717) is 11.6 Å². The van der Waals surface area contributed by atoms with Crippen molar-refractivity contribution in [2.45, 2.75) is 19.8 Å². The smallest absolute Gasteiger partial charge is 0.248 e. The average Bonchev–Trinajstić information content (AvgIpc) is 2.46. The topological polar surface area (TPSA) is 55.1 Å². The molecule has 0 aliphatic rings. The van der Waals surface area contributed by atoms with Crippen molar-refractivity contribution < 1.29 is 4.79 Å². The number of benzene rings is 2. The van der Waals surface area contributed by atoms with Crippen LogP contribution in [0.15, 0.2) is 54.6 Å². The summed E-state index contributed by atoms with van der Waals surface area (Å²) in [6, 6.07) is 15.3. The Morgan fingerprint density at radius 2 is 1.86 bits per heavy atom. The van der Waals surface area contributed by atoms with Gasteiger partial charge in [0.2, 0.25) is 5.91 Å². The van der Waals surface area contributed by atoms with Crippen molar-refractivity contribution in [2.75, 3.05) is 11.1 Å². The molecule has 0 saturated carbocycles. The van der Waals surface area contributed by atoms with Crippen LogP contribution in [0, 0.1) is 0 Å². The molecule has 0 unspecified atom stereocenters. The van der Waals surface area contributed by atoms with Gasteiger partial charge in [0.15, 0.2) is 0 Å². The monoisotopic (exact) mass is 280 g/mol. The van der Waals surface area contributed by atoms with E-state index < -0.39 is 0 Å². The molecule has 1 amide bonds. The molecule has 0 aliphatic carbocycles. The molecule has 0 aromatic heterocycles. The van der Waals surface area contributed by atoms with Gasteiger partial charge in [0, 0.05) is 17.5 Å². The summed E-state index contributed by atoms with van der Waals surface area (Å²) in [6.45, 7) is 4.28. The molecule has 0 bridgehead atoms. The largest absolute Gasteiger partial charge is 0.399 e. The standard InChI is InChI=1S/C18H20N2O/c1-13(2)15-7-9-17(10-8-15)20-18(21)11-6-14-4-3-5-16(19)12-14/h3-13H,19H2,1-2H3,(H,20,21)/b11-6+. The third-order valence-electron chi connectivity index (χ3n) is 3.18. The van der Waals surface area contributed by atoms with Crippen molar-refractivity contribution in [2.24, 2.45) is 0 Å². The Hall–Kier alpha value is -2.55. The molecule has 0 fully saturated rings. The Balaban J connectivity index is 1.98. The zero-order chi connectivity index (χ0) is 15.2. The van der Waals surface area contributed by atoms with Gasteiger partial charge in [-0.05, 0) is 47.4 Å². The Kier molecular flexibility index (Phi) is 4.77. The zero-order valence-electron chi connectivity index (χ0n) is 12.3. The SMILES string of the molecule is CC(C)c1ccc(NC(=O)/C=C/c2cccc(N)c2)cc1. The van der Waals surface area contributed by atoms with Crippen LogP contribution >= 0.6 is 0 Å². The normalized spacial score (nSPS) is 11.0. The fourth-order valence-electron chi connectivity index (χ4n) is 1.97. The van der Waals surface area contributed by atoms with Crippen LogP contribution in [0.3, 0.4) is 0 Å². The minimum Gasteiger partial charge on any atom is -0.399 e. The lowest BCUT2D eigenvalue weighted by molar-refractivity contribution is -0.111. The fourth-order valence-corrected chi connectivity index (χ4v) is 1.97. The first-order valence-electron chi connectivity index (χ1n) is 6.99. The lowest BCUT2D eigenvalue weighted by Crippen LogP contribution is -2.07. The highest BCUT2D eigenvalue weighted by Crippen LogP contribution is 2.17. The zero-order valence-corrected chi connectivity index (χ0v) is 12.3. The highest BCUT2D eigenvalue weighted by Gasteiger charge is 2.01. The average molecular weight is 280 g/mol. The maximum atomic E-state index is 11.9. The van der Waals surface area contributed by atoms with Crippen LogP contribution < -0.4 is 11.1 Å². The van der Waals surface area contributed by atoms with Gasteiger partial charge in [-0.15, -0.1) is 0 Å². The summed E-state index contributed by atoms with van der Waals surface area (Å²) in [5.74, 6) is 0.327. The van der Waals surface area contributed by atoms with Gasteiger partial charge in [-0.25, -0.2) is 0 Å². The van der Waals surface area contributed by atoms with Crippen LogP contribution in [-0.4, -0.2) is 5.91 Å². The molecule has 0 atom stereocenters. The minimum absolute atomic E-state index is 0.158. The van der Waals surface area contributed by atoms with Gasteiger partial charge >= 0.3 is 0 Å². The third-order valence-corrected chi connectivity index (χ3v) is 3.18. The molecule has 0 saturated heterocycles. The maximum absolute atomic E-state index is 11.9. The number of nitrogens with two attached hydrogens (primary N) is 1. The summed E-state index contributed by atoms with van der Waals surface area (Å²) >= 11 is 0. The van der Waals surface area contributed by atoms with Crippen LogP contribution in [0.4, 0.5) is 11.4 Å². The lowest BCUT2D eigenvalue weighted by atomic mass is 10.0. The predicted octanol–water partition coefficient (Wildman–Crippen LogP) is 4.04. The van der Waals surface area contributed by atoms with Gasteiger partial charge in [-0.3, -0.25) is 4.79 Å². The van der Waals surface area contributed by atoms with Crippen LogP contribution in [-0.2, 0) is 4.79 Å². The van der Waals surface area contributed by atoms with Crippen molar-refractivity contribution >= 4 is 23.4 Å². The van der Waals surface area contributed by atoms with E-state index in [1.165, 1.54) is 11.6 Å². The van der Waals surface area contributed by atoms with Crippen molar-refractivity contribution in [3.63, 3.8) is 0 Å². The summed E-state index contributed by atoms with van der Waals surface area (Å²) < 4.78 is 0. The van der Waals surface area contributed by atoms with Crippen LogP contribution in [0.5, 0.6) is 0 Å². The summed E-state index contributed by atoms with van der Waals surface area (Å²) in [6.07, 6.45) is 3.25. The van der Waals surface area contributed by atoms with Crippen LogP contribution in [0.1, 0.15) is 30.9 Å². The van der Waals surface area contributed by atoms with Crippen LogP contribution in [0.2, 0.25) is 0 Å². The van der Waals surface area contributed by atoms with E-state index in [2.05, 4.69) is 19.2 Å². The fraction of sp³-hybridized carbons (Fsp3) is 0.167. The van der Waals surface area contributed by atoms with Gasteiger partial charge in [-0.2, -0.15) is 0 Å². The van der Waals surface area contributed by atoms with Gasteiger partial charge in [-0.1, -0.05) is 38.1 Å². The third kappa shape index (κ3) is 4.49. The number of nitrogen functional groups attached to an aromatic ring is 1. The second-order valence-corrected chi connectivity index (χ2v) is 5.27. The van der Waals surface area contributed by atoms with E-state index in [9.17, 15) is 4.79 Å². The number of hydrogen-bond acceptors (Lipinski definition) is 2. The summed E-state index contributed by atoms with van der Waals surface area (Å²) in [7, 11) is 0. The summed E-state index contributed by atoms with van der Waals surface area (Å²) in [5.41, 5.74) is 9.32. The lowest BCUT2D eigenvalue weighted by Gasteiger charge is -2.07. The molecule has 2 rings (SSSR count). The molecular formula is C18H20N2O. The molecule has 3 heteroatoms. The van der Waals surface area contributed by atoms with E-state index in [-0.39, 0.29) is 5.91 Å². The Bertz CT molecular complexity index is 643. The molecule has 0 aliphatic heterocycles. The van der Waals surface area contributed by atoms with Gasteiger partial charge in [0.05, 0.1) is 0 Å². The van der Waals surface area contributed by atoms with Crippen molar-refractivity contribution in [1.29, 1.82) is 0 Å². The summed E-state index contributed by atoms with van der Waals surface area (Å²) in [5, 5.41) is 2.84. The van der Waals surface area contributed by atoms with E-state index in [0.717, 1.165) is 11.3 Å². The molecule has 3 nitrogen and oxygen atoms in total. The number of nitrogens with one attached hydrogen (secondary N) is 1. The number of hydrogen-bond donors (Lipinski definition) is 2. The first kappa shape index (κ1) is 14.9. The van der Waals surface area contributed by atoms with Crippen molar-refractivity contribution in [1.82, 2.24) is 0 Å². The number of anilines is 2. The first-order valence-corrected chi connectivity index (χ1v) is 6.99. The van der Waals surface area contributed by atoms with Crippen LogP contribution in [0.25, 0.3) is 6.08 Å². The summed E-state index contributed by atoms with van der Waals surface area (Å²) in [4.78, 5) is 11.9.